The summed E-state index contributed by atoms with van der Waals surface area (Å²) in [6.07, 6.45) is 4.59. The Morgan fingerprint density at radius 2 is 1.95 bits per heavy atom. The zero-order chi connectivity index (χ0) is 16.0. The maximum absolute atomic E-state index is 12.3. The first-order chi connectivity index (χ1) is 9.81. The Morgan fingerprint density at radius 3 is 2.52 bits per heavy atom. The molecule has 2 N–H and O–H groups in total. The Labute approximate surface area is 128 Å². The zero-order valence-electron chi connectivity index (χ0n) is 13.8. The number of likely N-dealkylation sites (tertiary alicyclic amines) is 1. The van der Waals surface area contributed by atoms with Crippen LogP contribution in [0.3, 0.4) is 0 Å². The number of amides is 2. The number of carboxylic acid groups (broad SMARTS) is 1. The van der Waals surface area contributed by atoms with Crippen LogP contribution in [0.4, 0.5) is 4.79 Å². The van der Waals surface area contributed by atoms with Crippen LogP contribution >= 0.6 is 0 Å². The van der Waals surface area contributed by atoms with E-state index < -0.39 is 12.0 Å². The van der Waals surface area contributed by atoms with Crippen molar-refractivity contribution >= 4 is 12.0 Å². The van der Waals surface area contributed by atoms with Crippen LogP contribution in [0.15, 0.2) is 0 Å². The largest absolute Gasteiger partial charge is 0.480 e. The molecule has 1 aliphatic heterocycles. The molecule has 0 aromatic carbocycles. The first-order valence-corrected chi connectivity index (χ1v) is 8.11. The van der Waals surface area contributed by atoms with E-state index in [2.05, 4.69) is 19.2 Å². The third-order valence-electron chi connectivity index (χ3n) is 4.20. The predicted molar refractivity (Wildman–Crippen MR) is 83.2 cm³/mol. The molecule has 5 heteroatoms. The molecule has 5 nitrogen and oxygen atoms in total. The van der Waals surface area contributed by atoms with E-state index in [1.165, 1.54) is 4.90 Å². The van der Waals surface area contributed by atoms with Crippen molar-refractivity contribution in [2.45, 2.75) is 71.9 Å². The summed E-state index contributed by atoms with van der Waals surface area (Å²) < 4.78 is 0. The molecule has 1 saturated heterocycles. The van der Waals surface area contributed by atoms with Crippen molar-refractivity contribution < 1.29 is 14.7 Å². The Morgan fingerprint density at radius 1 is 1.29 bits per heavy atom. The summed E-state index contributed by atoms with van der Waals surface area (Å²) in [6, 6.07) is -0.826. The quantitative estimate of drug-likeness (QED) is 0.791. The molecule has 1 rings (SSSR count). The third kappa shape index (κ3) is 5.94. The van der Waals surface area contributed by atoms with Crippen LogP contribution in [0, 0.1) is 11.8 Å². The van der Waals surface area contributed by atoms with Crippen LogP contribution in [0.2, 0.25) is 0 Å². The van der Waals surface area contributed by atoms with Gasteiger partial charge in [0.2, 0.25) is 0 Å². The van der Waals surface area contributed by atoms with Crippen LogP contribution in [0.1, 0.15) is 59.8 Å². The van der Waals surface area contributed by atoms with Crippen molar-refractivity contribution in [3.63, 3.8) is 0 Å². The van der Waals surface area contributed by atoms with Crippen LogP contribution in [0.25, 0.3) is 0 Å². The number of hydrogen-bond acceptors (Lipinski definition) is 2. The Bertz CT molecular complexity index is 357. The Balaban J connectivity index is 2.47. The topological polar surface area (TPSA) is 69.6 Å². The molecule has 0 spiro atoms. The molecule has 1 aliphatic rings. The van der Waals surface area contributed by atoms with Crippen LogP contribution in [0.5, 0.6) is 0 Å². The predicted octanol–water partition coefficient (Wildman–Crippen LogP) is 3.10. The van der Waals surface area contributed by atoms with Gasteiger partial charge in [0.05, 0.1) is 0 Å². The lowest BCUT2D eigenvalue weighted by molar-refractivity contribution is -0.143. The molecule has 1 fully saturated rings. The highest BCUT2D eigenvalue weighted by atomic mass is 16.4. The number of piperidine rings is 1. The number of nitrogens with one attached hydrogen (secondary N) is 1. The fourth-order valence-corrected chi connectivity index (χ4v) is 2.82. The average Bonchev–Trinajstić information content (AvgIpc) is 2.37. The van der Waals surface area contributed by atoms with Gasteiger partial charge in [-0.25, -0.2) is 9.59 Å². The SMILES string of the molecule is CC(C)CCCC(C)NC(=O)N1CCC(C)CC1C(=O)O. The Hall–Kier alpha value is -1.26. The van der Waals surface area contributed by atoms with Gasteiger partial charge in [0.25, 0.3) is 0 Å². The minimum Gasteiger partial charge on any atom is -0.480 e. The molecule has 2 amide bonds. The summed E-state index contributed by atoms with van der Waals surface area (Å²) in [7, 11) is 0. The molecule has 0 bridgehead atoms. The molecule has 1 heterocycles. The first kappa shape index (κ1) is 17.8. The average molecular weight is 298 g/mol. The van der Waals surface area contributed by atoms with Crippen LogP contribution in [-0.2, 0) is 4.79 Å². The summed E-state index contributed by atoms with van der Waals surface area (Å²) in [5.41, 5.74) is 0. The van der Waals surface area contributed by atoms with Crippen LogP contribution in [-0.4, -0.2) is 40.6 Å². The van der Waals surface area contributed by atoms with Crippen molar-refractivity contribution in [3.05, 3.63) is 0 Å². The van der Waals surface area contributed by atoms with Crippen molar-refractivity contribution in [1.29, 1.82) is 0 Å². The van der Waals surface area contributed by atoms with E-state index in [0.29, 0.717) is 24.8 Å². The molecular weight excluding hydrogens is 268 g/mol. The number of rotatable bonds is 6. The van der Waals surface area contributed by atoms with E-state index in [9.17, 15) is 14.7 Å². The lowest BCUT2D eigenvalue weighted by atomic mass is 9.93. The number of aliphatic carboxylic acids is 1. The first-order valence-electron chi connectivity index (χ1n) is 8.11. The minimum atomic E-state index is -0.899. The lowest BCUT2D eigenvalue weighted by Gasteiger charge is -2.36. The monoisotopic (exact) mass is 298 g/mol. The van der Waals surface area contributed by atoms with Gasteiger partial charge < -0.3 is 15.3 Å². The number of nitrogens with zero attached hydrogens (tertiary/aromatic N) is 1. The van der Waals surface area contributed by atoms with Crippen molar-refractivity contribution in [1.82, 2.24) is 10.2 Å². The van der Waals surface area contributed by atoms with Gasteiger partial charge >= 0.3 is 12.0 Å². The maximum Gasteiger partial charge on any atom is 0.326 e. The van der Waals surface area contributed by atoms with Gasteiger partial charge in [-0.1, -0.05) is 33.6 Å². The highest BCUT2D eigenvalue weighted by molar-refractivity contribution is 5.83. The minimum absolute atomic E-state index is 0.0880. The van der Waals surface area contributed by atoms with Crippen molar-refractivity contribution in [2.24, 2.45) is 11.8 Å². The second kappa shape index (κ2) is 8.25. The van der Waals surface area contributed by atoms with Crippen molar-refractivity contribution in [3.8, 4) is 0 Å². The molecule has 0 saturated carbocycles. The Kier molecular flexibility index (Phi) is 6.99. The van der Waals surface area contributed by atoms with Gasteiger partial charge in [-0.05, 0) is 38.0 Å². The second-order valence-corrected chi connectivity index (χ2v) is 6.85. The van der Waals surface area contributed by atoms with Gasteiger partial charge in [0.15, 0.2) is 0 Å². The summed E-state index contributed by atoms with van der Waals surface area (Å²) in [5, 5.41) is 12.2. The number of carbonyl (C=O) groups excluding carboxylic acids is 1. The summed E-state index contributed by atoms with van der Waals surface area (Å²) in [5.74, 6) is 0.135. The van der Waals surface area contributed by atoms with Gasteiger partial charge in [0.1, 0.15) is 6.04 Å². The standard InChI is InChI=1S/C16H30N2O3/c1-11(2)6-5-7-13(4)17-16(21)18-9-8-12(3)10-14(18)15(19)20/h11-14H,5-10H2,1-4H3,(H,17,21)(H,19,20). The van der Waals surface area contributed by atoms with E-state index in [0.717, 1.165) is 25.7 Å². The zero-order valence-corrected chi connectivity index (χ0v) is 13.8. The smallest absolute Gasteiger partial charge is 0.326 e. The summed E-state index contributed by atoms with van der Waals surface area (Å²) >= 11 is 0. The van der Waals surface area contributed by atoms with Gasteiger partial charge in [0, 0.05) is 12.6 Å². The van der Waals surface area contributed by atoms with E-state index in [-0.39, 0.29) is 12.1 Å². The molecule has 122 valence electrons. The van der Waals surface area contributed by atoms with E-state index in [1.807, 2.05) is 13.8 Å². The molecule has 0 aliphatic carbocycles. The van der Waals surface area contributed by atoms with E-state index >= 15 is 0 Å². The number of urea groups is 1. The molecule has 0 radical (unpaired) electrons. The molecule has 3 atom stereocenters. The summed E-state index contributed by atoms with van der Waals surface area (Å²) in [4.78, 5) is 25.1. The molecule has 0 aromatic heterocycles. The van der Waals surface area contributed by atoms with Crippen molar-refractivity contribution in [2.75, 3.05) is 6.54 Å². The van der Waals surface area contributed by atoms with E-state index in [4.69, 9.17) is 0 Å². The van der Waals surface area contributed by atoms with E-state index in [1.54, 1.807) is 0 Å². The highest BCUT2D eigenvalue weighted by Gasteiger charge is 2.34. The number of carboxylic acids is 1. The normalized spacial score (nSPS) is 24.0. The lowest BCUT2D eigenvalue weighted by Crippen LogP contribution is -2.54. The fourth-order valence-electron chi connectivity index (χ4n) is 2.82. The molecular formula is C16H30N2O3. The highest BCUT2D eigenvalue weighted by Crippen LogP contribution is 2.23. The second-order valence-electron chi connectivity index (χ2n) is 6.85. The van der Waals surface area contributed by atoms with Gasteiger partial charge in [-0.2, -0.15) is 0 Å². The third-order valence-corrected chi connectivity index (χ3v) is 4.20. The maximum atomic E-state index is 12.3. The molecule has 21 heavy (non-hydrogen) atoms. The van der Waals surface area contributed by atoms with Gasteiger partial charge in [-0.15, -0.1) is 0 Å². The number of carbonyl (C=O) groups is 2. The molecule has 0 aromatic rings. The van der Waals surface area contributed by atoms with Crippen LogP contribution < -0.4 is 5.32 Å². The summed E-state index contributed by atoms with van der Waals surface area (Å²) in [6.45, 7) is 8.94. The number of hydrogen-bond donors (Lipinski definition) is 2. The fraction of sp³-hybridized carbons (Fsp3) is 0.875. The van der Waals surface area contributed by atoms with Gasteiger partial charge in [-0.3, -0.25) is 0 Å². The molecule has 3 unspecified atom stereocenters.